The Morgan fingerprint density at radius 1 is 1.47 bits per heavy atom. The van der Waals surface area contributed by atoms with Crippen molar-refractivity contribution in [2.24, 2.45) is 0 Å². The van der Waals surface area contributed by atoms with Crippen LogP contribution in [-0.4, -0.2) is 38.8 Å². The quantitative estimate of drug-likeness (QED) is 0.669. The number of nitrogens with zero attached hydrogens (tertiary/aromatic N) is 1. The second-order valence-corrected chi connectivity index (χ2v) is 4.23. The molecule has 17 heavy (non-hydrogen) atoms. The lowest BCUT2D eigenvalue weighted by molar-refractivity contribution is 0.178. The van der Waals surface area contributed by atoms with E-state index < -0.39 is 0 Å². The van der Waals surface area contributed by atoms with E-state index in [4.69, 9.17) is 9.15 Å². The van der Waals surface area contributed by atoms with Crippen LogP contribution in [-0.2, 0) is 17.8 Å². The van der Waals surface area contributed by atoms with E-state index in [1.54, 1.807) is 13.4 Å². The zero-order valence-electron chi connectivity index (χ0n) is 11.2. The van der Waals surface area contributed by atoms with Gasteiger partial charge >= 0.3 is 0 Å². The molecule has 0 bridgehead atoms. The molecule has 0 aromatic carbocycles. The summed E-state index contributed by atoms with van der Waals surface area (Å²) in [5.74, 6) is 1.05. The van der Waals surface area contributed by atoms with Gasteiger partial charge in [-0.1, -0.05) is 6.92 Å². The molecule has 0 aliphatic heterocycles. The number of ether oxygens (including phenoxy) is 1. The largest absolute Gasteiger partial charge is 0.468 e. The molecule has 1 rings (SSSR count). The standard InChI is InChI=1S/C13H24N2O2/c1-4-14-10-13-12(6-9-17-13)11-15(2)7-5-8-16-3/h6,9,14H,4-5,7-8,10-11H2,1-3H3. The monoisotopic (exact) mass is 240 g/mol. The molecule has 1 aromatic rings. The van der Waals surface area contributed by atoms with Gasteiger partial charge in [0.25, 0.3) is 0 Å². The molecule has 0 atom stereocenters. The van der Waals surface area contributed by atoms with Crippen molar-refractivity contribution in [3.8, 4) is 0 Å². The average molecular weight is 240 g/mol. The average Bonchev–Trinajstić information content (AvgIpc) is 2.74. The number of rotatable bonds is 9. The van der Waals surface area contributed by atoms with Crippen molar-refractivity contribution < 1.29 is 9.15 Å². The van der Waals surface area contributed by atoms with Gasteiger partial charge in [-0.3, -0.25) is 0 Å². The van der Waals surface area contributed by atoms with Crippen molar-refractivity contribution in [1.82, 2.24) is 10.2 Å². The highest BCUT2D eigenvalue weighted by molar-refractivity contribution is 5.16. The summed E-state index contributed by atoms with van der Waals surface area (Å²) < 4.78 is 10.5. The van der Waals surface area contributed by atoms with Crippen molar-refractivity contribution in [2.75, 3.05) is 33.9 Å². The molecule has 0 spiro atoms. The fraction of sp³-hybridized carbons (Fsp3) is 0.692. The molecule has 4 nitrogen and oxygen atoms in total. The number of methoxy groups -OCH3 is 1. The maximum absolute atomic E-state index is 5.48. The molecule has 98 valence electrons. The van der Waals surface area contributed by atoms with Crippen LogP contribution in [0.15, 0.2) is 16.7 Å². The maximum atomic E-state index is 5.48. The van der Waals surface area contributed by atoms with Gasteiger partial charge in [-0.2, -0.15) is 0 Å². The molecule has 0 fully saturated rings. The summed E-state index contributed by atoms with van der Waals surface area (Å²) in [6.45, 7) is 6.66. The van der Waals surface area contributed by atoms with Crippen LogP contribution in [0.2, 0.25) is 0 Å². The van der Waals surface area contributed by atoms with Crippen LogP contribution in [0.1, 0.15) is 24.7 Å². The predicted octanol–water partition coefficient (Wildman–Crippen LogP) is 1.86. The minimum Gasteiger partial charge on any atom is -0.468 e. The number of furan rings is 1. The molecule has 0 saturated carbocycles. The Balaban J connectivity index is 2.36. The zero-order chi connectivity index (χ0) is 12.5. The third-order valence-corrected chi connectivity index (χ3v) is 2.70. The summed E-state index contributed by atoms with van der Waals surface area (Å²) in [5.41, 5.74) is 1.27. The summed E-state index contributed by atoms with van der Waals surface area (Å²) in [4.78, 5) is 2.29. The van der Waals surface area contributed by atoms with Crippen LogP contribution >= 0.6 is 0 Å². The normalized spacial score (nSPS) is 11.3. The van der Waals surface area contributed by atoms with E-state index in [-0.39, 0.29) is 0 Å². The predicted molar refractivity (Wildman–Crippen MR) is 68.9 cm³/mol. The molecule has 0 radical (unpaired) electrons. The van der Waals surface area contributed by atoms with Crippen LogP contribution in [0.4, 0.5) is 0 Å². The molecular formula is C13H24N2O2. The number of hydrogen-bond acceptors (Lipinski definition) is 4. The van der Waals surface area contributed by atoms with Crippen molar-refractivity contribution in [3.05, 3.63) is 23.7 Å². The maximum Gasteiger partial charge on any atom is 0.122 e. The Bertz CT molecular complexity index is 299. The molecule has 1 N–H and O–H groups in total. The second-order valence-electron chi connectivity index (χ2n) is 4.23. The lowest BCUT2D eigenvalue weighted by Gasteiger charge is -2.16. The molecule has 1 heterocycles. The van der Waals surface area contributed by atoms with Gasteiger partial charge in [-0.05, 0) is 26.1 Å². The first-order valence-corrected chi connectivity index (χ1v) is 6.21. The molecule has 1 aromatic heterocycles. The van der Waals surface area contributed by atoms with E-state index >= 15 is 0 Å². The highest BCUT2D eigenvalue weighted by Gasteiger charge is 2.08. The lowest BCUT2D eigenvalue weighted by atomic mass is 10.2. The topological polar surface area (TPSA) is 37.6 Å². The van der Waals surface area contributed by atoms with E-state index in [2.05, 4.69) is 30.3 Å². The summed E-state index contributed by atoms with van der Waals surface area (Å²) in [6, 6.07) is 2.06. The zero-order valence-corrected chi connectivity index (χ0v) is 11.2. The molecule has 0 aliphatic carbocycles. The van der Waals surface area contributed by atoms with Gasteiger partial charge in [0.2, 0.25) is 0 Å². The fourth-order valence-electron chi connectivity index (χ4n) is 1.75. The third kappa shape index (κ3) is 5.35. The van der Waals surface area contributed by atoms with Crippen molar-refractivity contribution >= 4 is 0 Å². The first kappa shape index (κ1) is 14.2. The van der Waals surface area contributed by atoms with Gasteiger partial charge < -0.3 is 19.4 Å². The summed E-state index contributed by atoms with van der Waals surface area (Å²) in [5, 5.41) is 3.28. The van der Waals surface area contributed by atoms with Crippen molar-refractivity contribution in [3.63, 3.8) is 0 Å². The Hall–Kier alpha value is -0.840. The minimum absolute atomic E-state index is 0.810. The van der Waals surface area contributed by atoms with Crippen LogP contribution in [0.5, 0.6) is 0 Å². The molecule has 0 unspecified atom stereocenters. The third-order valence-electron chi connectivity index (χ3n) is 2.70. The van der Waals surface area contributed by atoms with Gasteiger partial charge in [0.15, 0.2) is 0 Å². The van der Waals surface area contributed by atoms with Crippen LogP contribution < -0.4 is 5.32 Å². The van der Waals surface area contributed by atoms with Crippen molar-refractivity contribution in [1.29, 1.82) is 0 Å². The van der Waals surface area contributed by atoms with Gasteiger partial charge in [0.1, 0.15) is 5.76 Å². The Kier molecular flexibility index (Phi) is 6.93. The van der Waals surface area contributed by atoms with Gasteiger partial charge in [0, 0.05) is 32.4 Å². The first-order chi connectivity index (χ1) is 8.27. The van der Waals surface area contributed by atoms with E-state index in [1.165, 1.54) is 5.56 Å². The SMILES string of the molecule is CCNCc1occc1CN(C)CCCOC. The first-order valence-electron chi connectivity index (χ1n) is 6.21. The summed E-state index contributed by atoms with van der Waals surface area (Å²) in [7, 11) is 3.87. The van der Waals surface area contributed by atoms with E-state index in [0.717, 1.165) is 45.0 Å². The van der Waals surface area contributed by atoms with Crippen molar-refractivity contribution in [2.45, 2.75) is 26.4 Å². The van der Waals surface area contributed by atoms with Crippen LogP contribution in [0, 0.1) is 0 Å². The number of hydrogen-bond donors (Lipinski definition) is 1. The fourth-order valence-corrected chi connectivity index (χ4v) is 1.75. The van der Waals surface area contributed by atoms with Crippen LogP contribution in [0.25, 0.3) is 0 Å². The van der Waals surface area contributed by atoms with E-state index in [9.17, 15) is 0 Å². The number of nitrogens with one attached hydrogen (secondary N) is 1. The smallest absolute Gasteiger partial charge is 0.122 e. The molecule has 0 aliphatic rings. The Morgan fingerprint density at radius 2 is 2.29 bits per heavy atom. The van der Waals surface area contributed by atoms with Crippen LogP contribution in [0.3, 0.4) is 0 Å². The van der Waals surface area contributed by atoms with Gasteiger partial charge in [-0.25, -0.2) is 0 Å². The van der Waals surface area contributed by atoms with Gasteiger partial charge in [0.05, 0.1) is 12.8 Å². The van der Waals surface area contributed by atoms with E-state index in [0.29, 0.717) is 0 Å². The Morgan fingerprint density at radius 3 is 3.00 bits per heavy atom. The Labute approximate surface area is 104 Å². The minimum atomic E-state index is 0.810. The molecule has 0 saturated heterocycles. The van der Waals surface area contributed by atoms with Gasteiger partial charge in [-0.15, -0.1) is 0 Å². The van der Waals surface area contributed by atoms with E-state index in [1.807, 2.05) is 0 Å². The molecule has 0 amide bonds. The summed E-state index contributed by atoms with van der Waals surface area (Å²) in [6.07, 6.45) is 2.83. The second kappa shape index (κ2) is 8.28. The highest BCUT2D eigenvalue weighted by atomic mass is 16.5. The highest BCUT2D eigenvalue weighted by Crippen LogP contribution is 2.12. The molecular weight excluding hydrogens is 216 g/mol. The molecule has 4 heteroatoms. The lowest BCUT2D eigenvalue weighted by Crippen LogP contribution is -2.21. The summed E-state index contributed by atoms with van der Waals surface area (Å²) >= 11 is 0.